The largest absolute Gasteiger partial charge is 0.276 e. The number of para-hydroxylation sites is 2. The lowest BCUT2D eigenvalue weighted by molar-refractivity contribution is -0.385. The summed E-state index contributed by atoms with van der Waals surface area (Å²) in [6.45, 7) is 1.88. The highest BCUT2D eigenvalue weighted by Crippen LogP contribution is 2.38. The van der Waals surface area contributed by atoms with Crippen molar-refractivity contribution >= 4 is 56.8 Å². The molecule has 0 unspecified atom stereocenters. The van der Waals surface area contributed by atoms with Crippen molar-refractivity contribution < 1.29 is 9.72 Å². The number of aryl methyl sites for hydroxylation is 1. The van der Waals surface area contributed by atoms with Crippen LogP contribution in [0.4, 0.5) is 16.5 Å². The summed E-state index contributed by atoms with van der Waals surface area (Å²) in [5, 5.41) is 14.2. The van der Waals surface area contributed by atoms with Crippen LogP contribution in [0.5, 0.6) is 0 Å². The van der Waals surface area contributed by atoms with Gasteiger partial charge in [-0.2, -0.15) is 4.99 Å². The maximum absolute atomic E-state index is 13.2. The molecule has 29 heavy (non-hydrogen) atoms. The monoisotopic (exact) mass is 422 g/mol. The van der Waals surface area contributed by atoms with Crippen LogP contribution in [0.3, 0.4) is 0 Å². The summed E-state index contributed by atoms with van der Waals surface area (Å²) in [5.74, 6) is -0.286. The number of aromatic nitrogens is 1. The van der Waals surface area contributed by atoms with Crippen molar-refractivity contribution in [1.29, 1.82) is 0 Å². The molecule has 0 N–H and O–H groups in total. The smallest absolute Gasteiger partial charge is 0.268 e. The third-order valence-electron chi connectivity index (χ3n) is 4.04. The minimum absolute atomic E-state index is 0.0550. The highest BCUT2D eigenvalue weighted by atomic mass is 32.2. The standard InChI is InChI=1S/C20H14N4O3S2/c1-13-12-28-19(21-13)22-20-23(15-8-3-2-4-9-15)18(25)17(29-20)11-14-7-5-6-10-16(14)24(26)27/h2-12H,1H3/b17-11-,22-20+. The van der Waals surface area contributed by atoms with Gasteiger partial charge < -0.3 is 0 Å². The zero-order valence-electron chi connectivity index (χ0n) is 15.2. The van der Waals surface area contributed by atoms with E-state index in [1.807, 2.05) is 42.6 Å². The number of amides is 1. The first-order valence-electron chi connectivity index (χ1n) is 8.56. The summed E-state index contributed by atoms with van der Waals surface area (Å²) < 4.78 is 0. The number of nitro benzene ring substituents is 1. The number of nitrogens with zero attached hydrogens (tertiary/aromatic N) is 4. The molecular formula is C20H14N4O3S2. The van der Waals surface area contributed by atoms with Gasteiger partial charge in [0.15, 0.2) is 5.17 Å². The van der Waals surface area contributed by atoms with Gasteiger partial charge in [0, 0.05) is 11.4 Å². The fraction of sp³-hybridized carbons (Fsp3) is 0.0500. The number of thioether (sulfide) groups is 1. The van der Waals surface area contributed by atoms with Crippen molar-refractivity contribution in [2.75, 3.05) is 4.90 Å². The second-order valence-electron chi connectivity index (χ2n) is 6.07. The van der Waals surface area contributed by atoms with Crippen LogP contribution in [0.1, 0.15) is 11.3 Å². The van der Waals surface area contributed by atoms with Gasteiger partial charge in [0.05, 0.1) is 26.8 Å². The van der Waals surface area contributed by atoms with E-state index in [2.05, 4.69) is 9.98 Å². The molecule has 1 saturated heterocycles. The Morgan fingerprint density at radius 2 is 1.86 bits per heavy atom. The first-order valence-corrected chi connectivity index (χ1v) is 10.3. The first-order chi connectivity index (χ1) is 14.0. The van der Waals surface area contributed by atoms with E-state index in [-0.39, 0.29) is 11.6 Å². The molecule has 1 amide bonds. The fourth-order valence-corrected chi connectivity index (χ4v) is 4.44. The Bertz CT molecular complexity index is 1160. The predicted octanol–water partition coefficient (Wildman–Crippen LogP) is 5.17. The Balaban J connectivity index is 1.79. The average molecular weight is 422 g/mol. The van der Waals surface area contributed by atoms with E-state index in [1.54, 1.807) is 18.2 Å². The molecule has 0 spiro atoms. The molecule has 0 aliphatic carbocycles. The maximum Gasteiger partial charge on any atom is 0.276 e. The number of benzene rings is 2. The van der Waals surface area contributed by atoms with Crippen LogP contribution in [0.2, 0.25) is 0 Å². The summed E-state index contributed by atoms with van der Waals surface area (Å²) in [4.78, 5) is 34.8. The van der Waals surface area contributed by atoms with Crippen molar-refractivity contribution in [2.24, 2.45) is 4.99 Å². The van der Waals surface area contributed by atoms with Crippen molar-refractivity contribution in [3.05, 3.63) is 86.3 Å². The normalized spacial score (nSPS) is 16.7. The van der Waals surface area contributed by atoms with Crippen LogP contribution >= 0.6 is 23.1 Å². The molecule has 0 saturated carbocycles. The zero-order chi connectivity index (χ0) is 20.4. The quantitative estimate of drug-likeness (QED) is 0.329. The number of nitro groups is 1. The second-order valence-corrected chi connectivity index (χ2v) is 7.91. The van der Waals surface area contributed by atoms with E-state index in [0.29, 0.717) is 26.5 Å². The molecule has 0 atom stereocenters. The molecule has 1 fully saturated rings. The van der Waals surface area contributed by atoms with Crippen LogP contribution in [-0.4, -0.2) is 21.0 Å². The van der Waals surface area contributed by atoms with Gasteiger partial charge in [-0.1, -0.05) is 30.3 Å². The van der Waals surface area contributed by atoms with Gasteiger partial charge in [0.25, 0.3) is 11.6 Å². The van der Waals surface area contributed by atoms with Crippen molar-refractivity contribution in [3.63, 3.8) is 0 Å². The average Bonchev–Trinajstić information content (AvgIpc) is 3.26. The van der Waals surface area contributed by atoms with Gasteiger partial charge in [0.2, 0.25) is 5.13 Å². The summed E-state index contributed by atoms with van der Waals surface area (Å²) in [6, 6.07) is 15.5. The number of hydrogen-bond acceptors (Lipinski definition) is 7. The fourth-order valence-electron chi connectivity index (χ4n) is 2.75. The van der Waals surface area contributed by atoms with Crippen LogP contribution in [0.25, 0.3) is 6.08 Å². The molecule has 2 aromatic carbocycles. The number of aliphatic imine (C=N–C) groups is 1. The van der Waals surface area contributed by atoms with Crippen LogP contribution in [0, 0.1) is 17.0 Å². The molecule has 9 heteroatoms. The molecule has 1 aliphatic rings. The molecule has 0 radical (unpaired) electrons. The summed E-state index contributed by atoms with van der Waals surface area (Å²) in [7, 11) is 0. The molecular weight excluding hydrogens is 408 g/mol. The predicted molar refractivity (Wildman–Crippen MR) is 117 cm³/mol. The van der Waals surface area contributed by atoms with Gasteiger partial charge in [-0.15, -0.1) is 11.3 Å². The number of thiazole rings is 1. The van der Waals surface area contributed by atoms with Crippen LogP contribution in [-0.2, 0) is 4.79 Å². The van der Waals surface area contributed by atoms with Crippen LogP contribution < -0.4 is 4.90 Å². The van der Waals surface area contributed by atoms with Crippen LogP contribution in [0.15, 0.2) is 69.9 Å². The number of hydrogen-bond donors (Lipinski definition) is 0. The third kappa shape index (κ3) is 3.96. The SMILES string of the molecule is Cc1csc(/N=C2/S/C(=C\c3ccccc3[N+](=O)[O-])C(=O)N2c2ccccc2)n1. The van der Waals surface area contributed by atoms with Gasteiger partial charge in [0.1, 0.15) is 0 Å². The van der Waals surface area contributed by atoms with Crippen molar-refractivity contribution in [1.82, 2.24) is 4.98 Å². The minimum Gasteiger partial charge on any atom is -0.268 e. The summed E-state index contributed by atoms with van der Waals surface area (Å²) in [6.07, 6.45) is 1.54. The highest BCUT2D eigenvalue weighted by Gasteiger charge is 2.35. The Hall–Kier alpha value is -3.30. The van der Waals surface area contributed by atoms with E-state index in [9.17, 15) is 14.9 Å². The second kappa shape index (κ2) is 7.98. The third-order valence-corrected chi connectivity index (χ3v) is 5.86. The number of rotatable bonds is 4. The molecule has 1 aliphatic heterocycles. The first kappa shape index (κ1) is 19.0. The Morgan fingerprint density at radius 1 is 1.14 bits per heavy atom. The highest BCUT2D eigenvalue weighted by molar-refractivity contribution is 8.19. The lowest BCUT2D eigenvalue weighted by Crippen LogP contribution is -2.28. The van der Waals surface area contributed by atoms with E-state index < -0.39 is 4.92 Å². The Kier molecular flexibility index (Phi) is 5.24. The molecule has 1 aromatic heterocycles. The number of amidine groups is 1. The Morgan fingerprint density at radius 3 is 2.55 bits per heavy atom. The van der Waals surface area contributed by atoms with Crippen molar-refractivity contribution in [3.8, 4) is 0 Å². The van der Waals surface area contributed by atoms with Gasteiger partial charge in [-0.3, -0.25) is 19.8 Å². The molecule has 4 rings (SSSR count). The van der Waals surface area contributed by atoms with E-state index >= 15 is 0 Å². The lowest BCUT2D eigenvalue weighted by Gasteiger charge is -2.14. The van der Waals surface area contributed by atoms with E-state index in [4.69, 9.17) is 0 Å². The zero-order valence-corrected chi connectivity index (χ0v) is 16.8. The molecule has 0 bridgehead atoms. The van der Waals surface area contributed by atoms with Crippen molar-refractivity contribution in [2.45, 2.75) is 6.92 Å². The van der Waals surface area contributed by atoms with Gasteiger partial charge in [-0.25, -0.2) is 4.98 Å². The van der Waals surface area contributed by atoms with E-state index in [0.717, 1.165) is 5.69 Å². The maximum atomic E-state index is 13.2. The molecule has 144 valence electrons. The number of carbonyl (C=O) groups is 1. The van der Waals surface area contributed by atoms with Gasteiger partial charge in [-0.05, 0) is 43.0 Å². The summed E-state index contributed by atoms with van der Waals surface area (Å²) >= 11 is 2.56. The lowest BCUT2D eigenvalue weighted by atomic mass is 10.1. The topological polar surface area (TPSA) is 88.7 Å². The minimum atomic E-state index is -0.460. The van der Waals surface area contributed by atoms with E-state index in [1.165, 1.54) is 40.1 Å². The summed E-state index contributed by atoms with van der Waals surface area (Å²) in [5.41, 5.74) is 1.84. The number of anilines is 1. The Labute approximate surface area is 174 Å². The molecule has 7 nitrogen and oxygen atoms in total. The number of carbonyl (C=O) groups excluding carboxylic acids is 1. The van der Waals surface area contributed by atoms with Gasteiger partial charge >= 0.3 is 0 Å². The molecule has 3 aromatic rings. The molecule has 2 heterocycles.